The summed E-state index contributed by atoms with van der Waals surface area (Å²) in [5, 5.41) is 0. The molecule has 2 aliphatic rings. The van der Waals surface area contributed by atoms with E-state index < -0.39 is 0 Å². The van der Waals surface area contributed by atoms with E-state index in [9.17, 15) is 9.59 Å². The molecular weight excluding hydrogens is 304 g/mol. The minimum absolute atomic E-state index is 0.111. The van der Waals surface area contributed by atoms with Gasteiger partial charge in [-0.15, -0.1) is 0 Å². The number of carbonyl (C=O) groups is 2. The number of nitrogens with zero attached hydrogens (tertiary/aromatic N) is 4. The van der Waals surface area contributed by atoms with E-state index in [2.05, 4.69) is 22.9 Å². The van der Waals surface area contributed by atoms with Gasteiger partial charge in [0.15, 0.2) is 0 Å². The fourth-order valence-electron chi connectivity index (χ4n) is 3.66. The second kappa shape index (κ2) is 7.30. The van der Waals surface area contributed by atoms with Crippen molar-refractivity contribution in [3.8, 4) is 0 Å². The highest BCUT2D eigenvalue weighted by Gasteiger charge is 2.36. The zero-order chi connectivity index (χ0) is 17.1. The van der Waals surface area contributed by atoms with Crippen LogP contribution in [0, 0.1) is 5.92 Å². The topological polar surface area (TPSA) is 56.8 Å². The fraction of sp³-hybridized carbons (Fsp3) is 0.611. The van der Waals surface area contributed by atoms with Gasteiger partial charge in [-0.25, -0.2) is 0 Å². The molecule has 3 rings (SSSR count). The normalized spacial score (nSPS) is 23.6. The number of pyridine rings is 1. The average Bonchev–Trinajstić information content (AvgIpc) is 3.02. The highest BCUT2D eigenvalue weighted by atomic mass is 16.2. The number of amides is 2. The molecule has 6 heteroatoms. The van der Waals surface area contributed by atoms with E-state index in [1.807, 2.05) is 24.1 Å². The van der Waals surface area contributed by atoms with Gasteiger partial charge in [0.05, 0.1) is 5.92 Å². The zero-order valence-electron chi connectivity index (χ0n) is 14.5. The summed E-state index contributed by atoms with van der Waals surface area (Å²) in [6.07, 6.45) is 4.07. The third-order valence-electron chi connectivity index (χ3n) is 5.29. The van der Waals surface area contributed by atoms with E-state index in [1.54, 1.807) is 11.1 Å². The predicted octanol–water partition coefficient (Wildman–Crippen LogP) is 1.16. The van der Waals surface area contributed by atoms with E-state index in [4.69, 9.17) is 0 Å². The Bertz CT molecular complexity index is 584. The molecule has 2 saturated heterocycles. The van der Waals surface area contributed by atoms with Crippen LogP contribution in [0.5, 0.6) is 0 Å². The summed E-state index contributed by atoms with van der Waals surface area (Å²) in [5.41, 5.74) is 1.21. The lowest BCUT2D eigenvalue weighted by Crippen LogP contribution is -2.51. The Morgan fingerprint density at radius 2 is 2.08 bits per heavy atom. The summed E-state index contributed by atoms with van der Waals surface area (Å²) in [6, 6.07) is 4.36. The summed E-state index contributed by atoms with van der Waals surface area (Å²) in [6.45, 7) is 8.62. The first-order valence-corrected chi connectivity index (χ1v) is 8.80. The molecule has 2 fully saturated rings. The van der Waals surface area contributed by atoms with Crippen LogP contribution in [0.1, 0.15) is 31.9 Å². The third kappa shape index (κ3) is 3.43. The van der Waals surface area contributed by atoms with Crippen molar-refractivity contribution in [3.63, 3.8) is 0 Å². The van der Waals surface area contributed by atoms with Crippen LogP contribution in [0.4, 0.5) is 0 Å². The van der Waals surface area contributed by atoms with Crippen molar-refractivity contribution in [2.45, 2.75) is 26.3 Å². The molecule has 0 saturated carbocycles. The number of carbonyl (C=O) groups excluding carboxylic acids is 2. The van der Waals surface area contributed by atoms with Crippen LogP contribution in [-0.4, -0.2) is 70.8 Å². The van der Waals surface area contributed by atoms with E-state index in [1.165, 1.54) is 5.56 Å². The Balaban J connectivity index is 1.53. The zero-order valence-corrected chi connectivity index (χ0v) is 14.5. The molecular formula is C18H26N4O2. The molecule has 0 radical (unpaired) electrons. The quantitative estimate of drug-likeness (QED) is 0.831. The van der Waals surface area contributed by atoms with E-state index in [0.717, 1.165) is 26.2 Å². The molecule has 0 bridgehead atoms. The molecule has 0 aliphatic carbocycles. The van der Waals surface area contributed by atoms with E-state index in [0.29, 0.717) is 25.6 Å². The number of aromatic nitrogens is 1. The molecule has 2 aliphatic heterocycles. The van der Waals surface area contributed by atoms with Crippen molar-refractivity contribution in [2.75, 3.05) is 39.3 Å². The van der Waals surface area contributed by atoms with Crippen LogP contribution in [0.2, 0.25) is 0 Å². The van der Waals surface area contributed by atoms with E-state index in [-0.39, 0.29) is 17.7 Å². The lowest BCUT2D eigenvalue weighted by Gasteiger charge is -2.39. The molecule has 2 amide bonds. The van der Waals surface area contributed by atoms with Gasteiger partial charge < -0.3 is 9.80 Å². The van der Waals surface area contributed by atoms with Crippen molar-refractivity contribution in [3.05, 3.63) is 30.1 Å². The fourth-order valence-corrected chi connectivity index (χ4v) is 3.66. The van der Waals surface area contributed by atoms with Crippen molar-refractivity contribution in [1.29, 1.82) is 0 Å². The second-order valence-corrected chi connectivity index (χ2v) is 6.66. The SMILES string of the molecule is CCN1CC(C(=O)N2CCN(C(C)c3cccnc3)CC2)CC1=O. The van der Waals surface area contributed by atoms with Crippen LogP contribution in [0.3, 0.4) is 0 Å². The van der Waals surface area contributed by atoms with Crippen LogP contribution >= 0.6 is 0 Å². The lowest BCUT2D eigenvalue weighted by molar-refractivity contribution is -0.137. The van der Waals surface area contributed by atoms with Crippen molar-refractivity contribution < 1.29 is 9.59 Å². The molecule has 130 valence electrons. The molecule has 0 N–H and O–H groups in total. The Labute approximate surface area is 143 Å². The second-order valence-electron chi connectivity index (χ2n) is 6.66. The Kier molecular flexibility index (Phi) is 5.14. The van der Waals surface area contributed by atoms with Gasteiger partial charge in [0.25, 0.3) is 0 Å². The van der Waals surface area contributed by atoms with E-state index >= 15 is 0 Å². The molecule has 2 atom stereocenters. The van der Waals surface area contributed by atoms with Gasteiger partial charge in [0, 0.05) is 64.1 Å². The van der Waals surface area contributed by atoms with Gasteiger partial charge in [-0.1, -0.05) is 6.07 Å². The van der Waals surface area contributed by atoms with Gasteiger partial charge in [-0.2, -0.15) is 0 Å². The Morgan fingerprint density at radius 3 is 2.67 bits per heavy atom. The first kappa shape index (κ1) is 16.9. The number of rotatable bonds is 4. The maximum Gasteiger partial charge on any atom is 0.228 e. The van der Waals surface area contributed by atoms with Crippen molar-refractivity contribution in [2.24, 2.45) is 5.92 Å². The molecule has 0 spiro atoms. The highest BCUT2D eigenvalue weighted by Crippen LogP contribution is 2.23. The van der Waals surface area contributed by atoms with Crippen molar-refractivity contribution >= 4 is 11.8 Å². The Morgan fingerprint density at radius 1 is 1.33 bits per heavy atom. The smallest absolute Gasteiger partial charge is 0.228 e. The molecule has 6 nitrogen and oxygen atoms in total. The Hall–Kier alpha value is -1.95. The predicted molar refractivity (Wildman–Crippen MR) is 91.2 cm³/mol. The monoisotopic (exact) mass is 330 g/mol. The molecule has 2 unspecified atom stereocenters. The minimum Gasteiger partial charge on any atom is -0.342 e. The molecule has 3 heterocycles. The molecule has 0 aromatic carbocycles. The van der Waals surface area contributed by atoms with Gasteiger partial charge in [0.2, 0.25) is 11.8 Å². The summed E-state index contributed by atoms with van der Waals surface area (Å²) in [4.78, 5) is 34.8. The molecule has 1 aromatic rings. The molecule has 24 heavy (non-hydrogen) atoms. The number of hydrogen-bond donors (Lipinski definition) is 0. The minimum atomic E-state index is -0.153. The number of likely N-dealkylation sites (tertiary alicyclic amines) is 1. The van der Waals surface area contributed by atoms with Crippen LogP contribution in [0.25, 0.3) is 0 Å². The van der Waals surface area contributed by atoms with Crippen LogP contribution < -0.4 is 0 Å². The summed E-state index contributed by atoms with van der Waals surface area (Å²) < 4.78 is 0. The van der Waals surface area contributed by atoms with Gasteiger partial charge >= 0.3 is 0 Å². The van der Waals surface area contributed by atoms with Gasteiger partial charge in [0.1, 0.15) is 0 Å². The summed E-state index contributed by atoms with van der Waals surface area (Å²) in [5.74, 6) is 0.104. The summed E-state index contributed by atoms with van der Waals surface area (Å²) in [7, 11) is 0. The largest absolute Gasteiger partial charge is 0.342 e. The summed E-state index contributed by atoms with van der Waals surface area (Å²) >= 11 is 0. The first-order chi connectivity index (χ1) is 11.6. The van der Waals surface area contributed by atoms with Gasteiger partial charge in [-0.05, 0) is 25.5 Å². The average molecular weight is 330 g/mol. The van der Waals surface area contributed by atoms with Gasteiger partial charge in [-0.3, -0.25) is 19.5 Å². The lowest BCUT2D eigenvalue weighted by atomic mass is 10.1. The third-order valence-corrected chi connectivity index (χ3v) is 5.29. The van der Waals surface area contributed by atoms with Crippen molar-refractivity contribution in [1.82, 2.24) is 19.7 Å². The first-order valence-electron chi connectivity index (χ1n) is 8.80. The number of hydrogen-bond acceptors (Lipinski definition) is 4. The van der Waals surface area contributed by atoms with Crippen LogP contribution in [-0.2, 0) is 9.59 Å². The highest BCUT2D eigenvalue weighted by molar-refractivity contribution is 5.89. The maximum absolute atomic E-state index is 12.7. The maximum atomic E-state index is 12.7. The standard InChI is InChI=1S/C18H26N4O2/c1-3-20-13-16(11-17(20)23)18(24)22-9-7-21(8-10-22)14(2)15-5-4-6-19-12-15/h4-6,12,14,16H,3,7-11,13H2,1-2H3. The van der Waals surface area contributed by atoms with Crippen LogP contribution in [0.15, 0.2) is 24.5 Å². The molecule has 1 aromatic heterocycles. The number of piperazine rings is 1.